The molecule has 0 aliphatic carbocycles. The van der Waals surface area contributed by atoms with E-state index in [1.54, 1.807) is 28.3 Å². The van der Waals surface area contributed by atoms with Crippen LogP contribution in [0.15, 0.2) is 11.7 Å². The van der Waals surface area contributed by atoms with Gasteiger partial charge in [-0.05, 0) is 13.3 Å². The molecule has 2 heterocycles. The van der Waals surface area contributed by atoms with Crippen molar-refractivity contribution in [3.8, 4) is 0 Å². The van der Waals surface area contributed by atoms with Gasteiger partial charge >= 0.3 is 0 Å². The first kappa shape index (κ1) is 23.5. The predicted octanol–water partition coefficient (Wildman–Crippen LogP) is -0.414. The molecule has 0 bridgehead atoms. The zero-order valence-electron chi connectivity index (χ0n) is 14.2. The smallest absolute Gasteiger partial charge is 0.225 e. The highest BCUT2D eigenvalue weighted by atomic mass is 35.5. The fourth-order valence-electron chi connectivity index (χ4n) is 1.86. The Morgan fingerprint density at radius 3 is 2.62 bits per heavy atom. The van der Waals surface area contributed by atoms with E-state index in [0.29, 0.717) is 24.6 Å². The molecule has 2 rings (SSSR count). The lowest BCUT2D eigenvalue weighted by Crippen LogP contribution is -3.00. The van der Waals surface area contributed by atoms with Crippen LogP contribution in [0.25, 0.3) is 0 Å². The topological polar surface area (TPSA) is 75.9 Å². The number of nitrogen functional groups attached to an aromatic ring is 1. The van der Waals surface area contributed by atoms with Crippen molar-refractivity contribution in [3.63, 3.8) is 0 Å². The molecule has 3 N–H and O–H groups in total. The van der Waals surface area contributed by atoms with Crippen LogP contribution in [0.5, 0.6) is 0 Å². The normalized spacial score (nSPS) is 9.88. The van der Waals surface area contributed by atoms with Gasteiger partial charge < -0.3 is 23.2 Å². The first-order valence-electron chi connectivity index (χ1n) is 7.45. The molecule has 0 aliphatic rings. The molecule has 136 valence electrons. The minimum Gasteiger partial charge on any atom is -1.00 e. The lowest BCUT2D eigenvalue weighted by molar-refractivity contribution is -0.689. The van der Waals surface area contributed by atoms with Crippen LogP contribution in [0.3, 0.4) is 0 Å². The molecular formula is C15H25ClN4OS3. The van der Waals surface area contributed by atoms with E-state index < -0.39 is 0 Å². The molecule has 0 fully saturated rings. The van der Waals surface area contributed by atoms with Crippen molar-refractivity contribution in [3.05, 3.63) is 33.7 Å². The molecular weight excluding hydrogens is 384 g/mol. The van der Waals surface area contributed by atoms with Gasteiger partial charge in [-0.1, -0.05) is 29.1 Å². The van der Waals surface area contributed by atoms with E-state index in [1.165, 1.54) is 17.1 Å². The van der Waals surface area contributed by atoms with Crippen LogP contribution in [0.1, 0.15) is 35.3 Å². The number of nitrogens with zero attached hydrogens (tertiary/aromatic N) is 3. The second-order valence-corrected chi connectivity index (χ2v) is 7.37. The number of hydrogen-bond acceptors (Lipinski definition) is 7. The lowest BCUT2D eigenvalue weighted by atomic mass is 10.2. The van der Waals surface area contributed by atoms with E-state index in [0.717, 1.165) is 11.3 Å². The van der Waals surface area contributed by atoms with Gasteiger partial charge in [-0.3, -0.25) is 0 Å². The van der Waals surface area contributed by atoms with Crippen LogP contribution in [-0.2, 0) is 13.0 Å². The van der Waals surface area contributed by atoms with Crippen molar-refractivity contribution in [2.45, 2.75) is 40.2 Å². The molecule has 0 atom stereocenters. The first-order valence-corrected chi connectivity index (χ1v) is 10.4. The Morgan fingerprint density at radius 2 is 2.12 bits per heavy atom. The summed E-state index contributed by atoms with van der Waals surface area (Å²) in [6.45, 7) is 6.86. The zero-order chi connectivity index (χ0) is 17.2. The first-order chi connectivity index (χ1) is 11.0. The number of aromatic nitrogens is 3. The van der Waals surface area contributed by atoms with Crippen molar-refractivity contribution in [2.24, 2.45) is 0 Å². The summed E-state index contributed by atoms with van der Waals surface area (Å²) in [5.74, 6) is 2.39. The van der Waals surface area contributed by atoms with Gasteiger partial charge in [-0.25, -0.2) is 9.97 Å². The van der Waals surface area contributed by atoms with Gasteiger partial charge in [0.25, 0.3) is 0 Å². The van der Waals surface area contributed by atoms with Gasteiger partial charge in [-0.2, -0.15) is 4.57 Å². The molecule has 0 radical (unpaired) electrons. The molecule has 5 nitrogen and oxygen atoms in total. The van der Waals surface area contributed by atoms with Gasteiger partial charge in [0.15, 0.2) is 12.2 Å². The molecule has 0 amide bonds. The third-order valence-electron chi connectivity index (χ3n) is 3.15. The highest BCUT2D eigenvalue weighted by molar-refractivity contribution is 8.68. The van der Waals surface area contributed by atoms with Crippen molar-refractivity contribution < 1.29 is 22.1 Å². The van der Waals surface area contributed by atoms with Gasteiger partial charge in [0.05, 0.1) is 10.4 Å². The molecule has 24 heavy (non-hydrogen) atoms. The Hall–Kier alpha value is -0.540. The van der Waals surface area contributed by atoms with E-state index in [2.05, 4.69) is 33.1 Å². The summed E-state index contributed by atoms with van der Waals surface area (Å²) >= 11 is 5.57. The monoisotopic (exact) mass is 408 g/mol. The van der Waals surface area contributed by atoms with Gasteiger partial charge in [0.2, 0.25) is 5.51 Å². The number of halogens is 1. The number of thiol groups is 1. The molecule has 2 aromatic heterocycles. The third-order valence-corrected chi connectivity index (χ3v) is 5.43. The summed E-state index contributed by atoms with van der Waals surface area (Å²) in [4.78, 5) is 9.53. The average Bonchev–Trinajstić information content (AvgIpc) is 2.85. The zero-order valence-corrected chi connectivity index (χ0v) is 17.5. The number of nitrogens with two attached hydrogens (primary N) is 1. The van der Waals surface area contributed by atoms with Crippen molar-refractivity contribution >= 4 is 39.6 Å². The number of thiazole rings is 1. The number of hydrogen-bond donors (Lipinski definition) is 3. The maximum atomic E-state index is 8.98. The minimum absolute atomic E-state index is 0. The maximum absolute atomic E-state index is 8.98. The quantitative estimate of drug-likeness (QED) is 0.344. The van der Waals surface area contributed by atoms with Crippen molar-refractivity contribution in [1.82, 2.24) is 9.97 Å². The highest BCUT2D eigenvalue weighted by Crippen LogP contribution is 2.13. The van der Waals surface area contributed by atoms with Crippen molar-refractivity contribution in [2.75, 3.05) is 18.1 Å². The van der Waals surface area contributed by atoms with Crippen LogP contribution in [0.2, 0.25) is 0 Å². The molecule has 0 aliphatic heterocycles. The summed E-state index contributed by atoms with van der Waals surface area (Å²) in [6, 6.07) is 0. The van der Waals surface area contributed by atoms with E-state index in [-0.39, 0.29) is 19.0 Å². The van der Waals surface area contributed by atoms with E-state index >= 15 is 0 Å². The van der Waals surface area contributed by atoms with Gasteiger partial charge in [0.1, 0.15) is 11.6 Å². The van der Waals surface area contributed by atoms with Crippen molar-refractivity contribution in [1.29, 1.82) is 0 Å². The Kier molecular flexibility index (Phi) is 12.5. The molecule has 0 saturated carbocycles. The summed E-state index contributed by atoms with van der Waals surface area (Å²) in [5.41, 5.74) is 10.0. The summed E-state index contributed by atoms with van der Waals surface area (Å²) in [5, 5.41) is 8.98. The summed E-state index contributed by atoms with van der Waals surface area (Å²) < 4.78 is 2.11. The molecule has 2 aromatic rings. The average molecular weight is 409 g/mol. The molecule has 9 heteroatoms. The molecule has 0 saturated heterocycles. The summed E-state index contributed by atoms with van der Waals surface area (Å²) in [7, 11) is 1.60. The lowest BCUT2D eigenvalue weighted by Gasteiger charge is -2.01. The van der Waals surface area contributed by atoms with Crippen LogP contribution in [-0.4, -0.2) is 27.4 Å². The fourth-order valence-corrected chi connectivity index (χ4v) is 3.57. The Bertz CT molecular complexity index is 608. The second-order valence-electron chi connectivity index (χ2n) is 4.99. The van der Waals surface area contributed by atoms with E-state index in [1.807, 2.05) is 19.4 Å². The van der Waals surface area contributed by atoms with Gasteiger partial charge in [-0.15, -0.1) is 11.7 Å². The Labute approximate surface area is 163 Å². The third kappa shape index (κ3) is 7.57. The SMILES string of the molecule is CCCSS.Cc1ncc(C[n+]2csc(CCO)c2C)c(N)n1.[Cl-]. The van der Waals surface area contributed by atoms with Crippen LogP contribution in [0.4, 0.5) is 5.82 Å². The Morgan fingerprint density at radius 1 is 1.42 bits per heavy atom. The molecule has 0 aromatic carbocycles. The Balaban J connectivity index is 0.000000777. The number of rotatable bonds is 6. The van der Waals surface area contributed by atoms with E-state index in [4.69, 9.17) is 10.8 Å². The molecule has 0 spiro atoms. The van der Waals surface area contributed by atoms with Crippen LogP contribution >= 0.6 is 33.8 Å². The highest BCUT2D eigenvalue weighted by Gasteiger charge is 2.16. The summed E-state index contributed by atoms with van der Waals surface area (Å²) in [6.07, 6.45) is 3.70. The van der Waals surface area contributed by atoms with Gasteiger partial charge in [0, 0.05) is 31.9 Å². The minimum atomic E-state index is 0. The number of aliphatic hydroxyl groups excluding tert-OH is 1. The second kappa shape index (κ2) is 12.8. The predicted molar refractivity (Wildman–Crippen MR) is 102 cm³/mol. The van der Waals surface area contributed by atoms with E-state index in [9.17, 15) is 0 Å². The number of anilines is 1. The molecule has 0 unspecified atom stereocenters. The largest absolute Gasteiger partial charge is 1.00 e. The standard InChI is InChI=1S/C12H17N4OS.C3H8S2.ClH/c1-8-11(3-4-17)18-7-16(8)6-10-5-14-9(2)15-12(10)13;1-2-3-5-4;/h5,7,17H,3-4,6H2,1-2H3,(H2,13,14,15);4H,2-3H2,1H3;1H/q+1;;/p-1. The number of aliphatic hydroxyl groups is 1. The number of aryl methyl sites for hydroxylation is 1. The maximum Gasteiger partial charge on any atom is 0.225 e. The fraction of sp³-hybridized carbons (Fsp3) is 0.533. The van der Waals surface area contributed by atoms with Crippen LogP contribution < -0.4 is 22.7 Å². The van der Waals surface area contributed by atoms with Crippen LogP contribution in [0, 0.1) is 13.8 Å².